The summed E-state index contributed by atoms with van der Waals surface area (Å²) in [6.07, 6.45) is 3.10. The molecule has 108 valence electrons. The number of phenols is 1. The highest BCUT2D eigenvalue weighted by atomic mass is 16.3. The van der Waals surface area contributed by atoms with E-state index in [9.17, 15) is 14.7 Å². The van der Waals surface area contributed by atoms with Crippen LogP contribution in [0.3, 0.4) is 0 Å². The third-order valence-electron chi connectivity index (χ3n) is 3.04. The van der Waals surface area contributed by atoms with E-state index in [1.54, 1.807) is 44.3 Å². The van der Waals surface area contributed by atoms with Gasteiger partial charge in [0.25, 0.3) is 5.91 Å². The van der Waals surface area contributed by atoms with Crippen molar-refractivity contribution >= 4 is 23.6 Å². The minimum atomic E-state index is -0.227. The normalized spacial score (nSPS) is 17.4. The van der Waals surface area contributed by atoms with E-state index in [1.165, 1.54) is 17.9 Å². The topological polar surface area (TPSA) is 70.0 Å². The molecule has 0 aromatic heterocycles. The van der Waals surface area contributed by atoms with E-state index in [4.69, 9.17) is 0 Å². The molecule has 1 aliphatic rings. The number of hydrogen-bond donors (Lipinski definition) is 1. The summed E-state index contributed by atoms with van der Waals surface area (Å²) in [5.41, 5.74) is 1.71. The van der Waals surface area contributed by atoms with Gasteiger partial charge in [0.2, 0.25) is 0 Å². The number of ketones is 1. The van der Waals surface area contributed by atoms with Crippen LogP contribution in [0.2, 0.25) is 0 Å². The minimum absolute atomic E-state index is 0.0907. The van der Waals surface area contributed by atoms with E-state index in [-0.39, 0.29) is 17.4 Å². The Balaban J connectivity index is 2.37. The van der Waals surface area contributed by atoms with Gasteiger partial charge >= 0.3 is 0 Å². The summed E-state index contributed by atoms with van der Waals surface area (Å²) in [6, 6.07) is 6.48. The van der Waals surface area contributed by atoms with E-state index in [0.717, 1.165) is 5.56 Å². The Morgan fingerprint density at radius 2 is 1.86 bits per heavy atom. The molecular formula is C16H16N2O3. The first-order valence-electron chi connectivity index (χ1n) is 6.45. The lowest BCUT2D eigenvalue weighted by Gasteiger charge is -2.11. The van der Waals surface area contributed by atoms with E-state index >= 15 is 0 Å². The summed E-state index contributed by atoms with van der Waals surface area (Å²) < 4.78 is 0. The standard InChI is InChI=1S/C16H16N2O3/c1-10(8-11(2)19)15-17-14(16(21)18(15)3)9-12-4-6-13(20)7-5-12/h4-9,20H,1-3H3/b10-8+,14-9-. The number of nitrogens with zero attached hydrogens (tertiary/aromatic N) is 2. The van der Waals surface area contributed by atoms with Gasteiger partial charge in [-0.2, -0.15) is 0 Å². The maximum atomic E-state index is 12.2. The Morgan fingerprint density at radius 3 is 2.43 bits per heavy atom. The number of aromatic hydroxyl groups is 1. The van der Waals surface area contributed by atoms with Crippen molar-refractivity contribution in [2.45, 2.75) is 13.8 Å². The molecule has 1 aromatic rings. The van der Waals surface area contributed by atoms with Gasteiger partial charge < -0.3 is 5.11 Å². The van der Waals surface area contributed by atoms with Crippen LogP contribution in [0, 0.1) is 0 Å². The van der Waals surface area contributed by atoms with E-state index < -0.39 is 0 Å². The Morgan fingerprint density at radius 1 is 1.24 bits per heavy atom. The average Bonchev–Trinajstić information content (AvgIpc) is 2.69. The second-order valence-corrected chi connectivity index (χ2v) is 4.86. The zero-order valence-electron chi connectivity index (χ0n) is 12.1. The number of likely N-dealkylation sites (N-methyl/N-ethyl adjacent to an activating group) is 1. The molecule has 1 aliphatic heterocycles. The van der Waals surface area contributed by atoms with E-state index in [1.807, 2.05) is 0 Å². The first-order valence-corrected chi connectivity index (χ1v) is 6.45. The number of carbonyl (C=O) groups is 2. The van der Waals surface area contributed by atoms with Gasteiger partial charge in [-0.15, -0.1) is 0 Å². The molecular weight excluding hydrogens is 268 g/mol. The molecule has 0 saturated carbocycles. The van der Waals surface area contributed by atoms with Gasteiger partial charge in [0.05, 0.1) is 0 Å². The molecule has 0 atom stereocenters. The van der Waals surface area contributed by atoms with Crippen molar-refractivity contribution < 1.29 is 14.7 Å². The fourth-order valence-corrected chi connectivity index (χ4v) is 2.05. The number of amidine groups is 1. The summed E-state index contributed by atoms with van der Waals surface area (Å²) in [6.45, 7) is 3.20. The summed E-state index contributed by atoms with van der Waals surface area (Å²) in [5.74, 6) is 0.318. The van der Waals surface area contributed by atoms with Crippen LogP contribution in [0.5, 0.6) is 5.75 Å². The SMILES string of the molecule is CC(=O)/C=C(\C)C1=N/C(=C\c2ccc(O)cc2)C(=O)N1C. The summed E-state index contributed by atoms with van der Waals surface area (Å²) in [4.78, 5) is 29.0. The molecule has 5 nitrogen and oxygen atoms in total. The molecule has 0 fully saturated rings. The van der Waals surface area contributed by atoms with Crippen molar-refractivity contribution in [2.24, 2.45) is 4.99 Å². The van der Waals surface area contributed by atoms with Gasteiger partial charge in [-0.25, -0.2) is 4.99 Å². The summed E-state index contributed by atoms with van der Waals surface area (Å²) >= 11 is 0. The number of carbonyl (C=O) groups excluding carboxylic acids is 2. The van der Waals surface area contributed by atoms with Crippen LogP contribution in [-0.4, -0.2) is 34.6 Å². The largest absolute Gasteiger partial charge is 0.508 e. The van der Waals surface area contributed by atoms with Crippen molar-refractivity contribution in [1.29, 1.82) is 0 Å². The van der Waals surface area contributed by atoms with Gasteiger partial charge in [0.1, 0.15) is 17.3 Å². The second kappa shape index (κ2) is 5.75. The fourth-order valence-electron chi connectivity index (χ4n) is 2.05. The second-order valence-electron chi connectivity index (χ2n) is 4.86. The first kappa shape index (κ1) is 14.7. The van der Waals surface area contributed by atoms with Crippen LogP contribution in [0.4, 0.5) is 0 Å². The lowest BCUT2D eigenvalue weighted by molar-refractivity contribution is -0.121. The molecule has 0 bridgehead atoms. The van der Waals surface area contributed by atoms with Crippen molar-refractivity contribution in [3.63, 3.8) is 0 Å². The van der Waals surface area contributed by atoms with Crippen molar-refractivity contribution in [2.75, 3.05) is 7.05 Å². The molecule has 5 heteroatoms. The molecule has 1 aromatic carbocycles. The zero-order chi connectivity index (χ0) is 15.6. The number of benzene rings is 1. The minimum Gasteiger partial charge on any atom is -0.508 e. The number of hydrogen-bond acceptors (Lipinski definition) is 4. The van der Waals surface area contributed by atoms with Crippen LogP contribution in [0.1, 0.15) is 19.4 Å². The fraction of sp³-hybridized carbons (Fsp3) is 0.188. The number of allylic oxidation sites excluding steroid dienone is 1. The lowest BCUT2D eigenvalue weighted by atomic mass is 10.2. The molecule has 0 radical (unpaired) electrons. The lowest BCUT2D eigenvalue weighted by Crippen LogP contribution is -2.28. The Bertz CT molecular complexity index is 682. The van der Waals surface area contributed by atoms with Crippen molar-refractivity contribution in [1.82, 2.24) is 4.90 Å². The Hall–Kier alpha value is -2.69. The molecule has 0 spiro atoms. The highest BCUT2D eigenvalue weighted by molar-refractivity contribution is 6.20. The predicted molar refractivity (Wildman–Crippen MR) is 80.7 cm³/mol. The van der Waals surface area contributed by atoms with Crippen LogP contribution in [0.15, 0.2) is 46.6 Å². The van der Waals surface area contributed by atoms with Crippen molar-refractivity contribution in [3.8, 4) is 5.75 Å². The van der Waals surface area contributed by atoms with Crippen LogP contribution in [0.25, 0.3) is 6.08 Å². The average molecular weight is 284 g/mol. The van der Waals surface area contributed by atoms with Crippen LogP contribution >= 0.6 is 0 Å². The first-order chi connectivity index (χ1) is 9.88. The van der Waals surface area contributed by atoms with Crippen molar-refractivity contribution in [3.05, 3.63) is 47.2 Å². The zero-order valence-corrected chi connectivity index (χ0v) is 12.1. The maximum Gasteiger partial charge on any atom is 0.277 e. The number of rotatable bonds is 3. The van der Waals surface area contributed by atoms with E-state index in [0.29, 0.717) is 17.1 Å². The van der Waals surface area contributed by atoms with Crippen LogP contribution in [-0.2, 0) is 9.59 Å². The summed E-state index contributed by atoms with van der Waals surface area (Å²) in [5, 5.41) is 9.25. The monoisotopic (exact) mass is 284 g/mol. The van der Waals surface area contributed by atoms with Gasteiger partial charge in [-0.3, -0.25) is 14.5 Å². The molecule has 1 N–H and O–H groups in total. The molecule has 21 heavy (non-hydrogen) atoms. The molecule has 1 amide bonds. The highest BCUT2D eigenvalue weighted by Crippen LogP contribution is 2.21. The van der Waals surface area contributed by atoms with Crippen LogP contribution < -0.4 is 0 Å². The molecule has 0 aliphatic carbocycles. The Labute approximate surface area is 122 Å². The molecule has 2 rings (SSSR count). The van der Waals surface area contributed by atoms with E-state index in [2.05, 4.69) is 4.99 Å². The number of phenolic OH excluding ortho intramolecular Hbond substituents is 1. The predicted octanol–water partition coefficient (Wildman–Crippen LogP) is 2.14. The van der Waals surface area contributed by atoms with Gasteiger partial charge in [0.15, 0.2) is 5.78 Å². The molecule has 0 saturated heterocycles. The number of aliphatic imine (C=N–C) groups is 1. The van der Waals surface area contributed by atoms with Gasteiger partial charge in [-0.05, 0) is 49.3 Å². The third kappa shape index (κ3) is 3.25. The quantitative estimate of drug-likeness (QED) is 0.864. The molecule has 1 heterocycles. The number of amides is 1. The van der Waals surface area contributed by atoms with Gasteiger partial charge in [-0.1, -0.05) is 12.1 Å². The smallest absolute Gasteiger partial charge is 0.277 e. The third-order valence-corrected chi connectivity index (χ3v) is 3.04. The van der Waals surface area contributed by atoms with Gasteiger partial charge in [0, 0.05) is 7.05 Å². The maximum absolute atomic E-state index is 12.2. The molecule has 0 unspecified atom stereocenters. The Kier molecular flexibility index (Phi) is 4.03. The summed E-state index contributed by atoms with van der Waals surface area (Å²) in [7, 11) is 1.62. The highest BCUT2D eigenvalue weighted by Gasteiger charge is 2.27.